The molecule has 0 aromatic carbocycles. The fourth-order valence-corrected chi connectivity index (χ4v) is 3.90. The van der Waals surface area contributed by atoms with Gasteiger partial charge in [-0.25, -0.2) is 4.98 Å². The molecule has 1 aliphatic heterocycles. The maximum absolute atomic E-state index is 11.8. The number of hydrogen-bond donors (Lipinski definition) is 1. The maximum Gasteiger partial charge on any atom is 0.308 e. The van der Waals surface area contributed by atoms with Gasteiger partial charge in [0.2, 0.25) is 5.91 Å². The number of carboxylic acid groups (broad SMARTS) is 1. The van der Waals surface area contributed by atoms with Gasteiger partial charge in [-0.15, -0.1) is 11.3 Å². The Morgan fingerprint density at radius 3 is 2.89 bits per heavy atom. The fraction of sp³-hybridized carbons (Fsp3) is 0.615. The lowest BCUT2D eigenvalue weighted by molar-refractivity contribution is -0.141. The van der Waals surface area contributed by atoms with Gasteiger partial charge in [0.1, 0.15) is 5.01 Å². The molecule has 2 heterocycles. The highest BCUT2D eigenvalue weighted by Crippen LogP contribution is 2.28. The second-order valence-corrected chi connectivity index (χ2v) is 6.37. The van der Waals surface area contributed by atoms with Crippen molar-refractivity contribution in [2.24, 2.45) is 5.92 Å². The molecule has 1 fully saturated rings. The van der Waals surface area contributed by atoms with E-state index in [-0.39, 0.29) is 12.3 Å². The van der Waals surface area contributed by atoms with Gasteiger partial charge in [-0.05, 0) is 25.7 Å². The van der Waals surface area contributed by atoms with E-state index in [4.69, 9.17) is 5.11 Å². The highest BCUT2D eigenvalue weighted by molar-refractivity contribution is 7.11. The number of likely N-dealkylation sites (tertiary alicyclic amines) is 1. The molecule has 0 radical (unpaired) electrons. The van der Waals surface area contributed by atoms with Crippen LogP contribution in [0.5, 0.6) is 0 Å². The fourth-order valence-electron chi connectivity index (χ4n) is 2.73. The summed E-state index contributed by atoms with van der Waals surface area (Å²) in [6.45, 7) is 0.790. The van der Waals surface area contributed by atoms with E-state index in [2.05, 4.69) is 4.98 Å². The summed E-state index contributed by atoms with van der Waals surface area (Å²) in [6.07, 6.45) is 4.68. The van der Waals surface area contributed by atoms with Crippen LogP contribution in [0.15, 0.2) is 0 Å². The molecule has 19 heavy (non-hydrogen) atoms. The largest absolute Gasteiger partial charge is 0.481 e. The third-order valence-electron chi connectivity index (χ3n) is 3.78. The van der Waals surface area contributed by atoms with Crippen molar-refractivity contribution >= 4 is 23.2 Å². The number of carbonyl (C=O) groups excluding carboxylic acids is 1. The Hall–Kier alpha value is -1.43. The lowest BCUT2D eigenvalue weighted by atomic mass is 10.0. The average molecular weight is 280 g/mol. The van der Waals surface area contributed by atoms with E-state index in [0.717, 1.165) is 17.8 Å². The Kier molecular flexibility index (Phi) is 3.26. The SMILES string of the molecule is O=C(O)C1CC(=O)N(Cc2nc3c(s2)CCCC3)C1. The van der Waals surface area contributed by atoms with Gasteiger partial charge in [-0.1, -0.05) is 0 Å². The number of fused-ring (bicyclic) bond motifs is 1. The number of nitrogens with zero attached hydrogens (tertiary/aromatic N) is 2. The van der Waals surface area contributed by atoms with Crippen LogP contribution >= 0.6 is 11.3 Å². The summed E-state index contributed by atoms with van der Waals surface area (Å²) in [5, 5.41) is 9.91. The monoisotopic (exact) mass is 280 g/mol. The minimum Gasteiger partial charge on any atom is -0.481 e. The molecule has 0 bridgehead atoms. The number of aliphatic carboxylic acids is 1. The molecular weight excluding hydrogens is 264 g/mol. The van der Waals surface area contributed by atoms with Crippen molar-refractivity contribution in [2.45, 2.75) is 38.6 Å². The normalized spacial score (nSPS) is 22.6. The Morgan fingerprint density at radius 2 is 2.21 bits per heavy atom. The number of amides is 1. The van der Waals surface area contributed by atoms with Crippen LogP contribution in [0.25, 0.3) is 0 Å². The first kappa shape index (κ1) is 12.6. The van der Waals surface area contributed by atoms with Gasteiger partial charge in [0.15, 0.2) is 0 Å². The minimum absolute atomic E-state index is 0.0689. The van der Waals surface area contributed by atoms with E-state index >= 15 is 0 Å². The topological polar surface area (TPSA) is 70.5 Å². The first-order chi connectivity index (χ1) is 9.13. The molecule has 3 rings (SSSR count). The molecule has 1 unspecified atom stereocenters. The molecule has 0 saturated carbocycles. The third-order valence-corrected chi connectivity index (χ3v) is 4.92. The zero-order valence-corrected chi connectivity index (χ0v) is 11.4. The number of hydrogen-bond acceptors (Lipinski definition) is 4. The molecule has 1 amide bonds. The van der Waals surface area contributed by atoms with E-state index in [9.17, 15) is 9.59 Å². The van der Waals surface area contributed by atoms with Crippen LogP contribution in [-0.2, 0) is 29.0 Å². The van der Waals surface area contributed by atoms with Crippen LogP contribution in [0.1, 0.15) is 34.8 Å². The minimum atomic E-state index is -0.880. The number of rotatable bonds is 3. The maximum atomic E-state index is 11.8. The van der Waals surface area contributed by atoms with Gasteiger partial charge in [0, 0.05) is 17.8 Å². The summed E-state index contributed by atoms with van der Waals surface area (Å²) in [7, 11) is 0. The molecule has 102 valence electrons. The number of aromatic nitrogens is 1. The summed E-state index contributed by atoms with van der Waals surface area (Å²) in [5.74, 6) is -1.50. The molecule has 1 aromatic rings. The first-order valence-corrected chi connectivity index (χ1v) is 7.43. The van der Waals surface area contributed by atoms with Crippen molar-refractivity contribution in [3.8, 4) is 0 Å². The zero-order chi connectivity index (χ0) is 13.4. The van der Waals surface area contributed by atoms with E-state index in [0.29, 0.717) is 13.1 Å². The quantitative estimate of drug-likeness (QED) is 0.910. The van der Waals surface area contributed by atoms with Crippen LogP contribution in [0.4, 0.5) is 0 Å². The summed E-state index contributed by atoms with van der Waals surface area (Å²) >= 11 is 1.68. The van der Waals surface area contributed by atoms with Crippen LogP contribution < -0.4 is 0 Å². The molecule has 1 aliphatic carbocycles. The lowest BCUT2D eigenvalue weighted by Crippen LogP contribution is -2.25. The predicted octanol–water partition coefficient (Wildman–Crippen LogP) is 1.46. The first-order valence-electron chi connectivity index (χ1n) is 6.61. The molecule has 1 aromatic heterocycles. The Bertz CT molecular complexity index is 502. The molecule has 1 N–H and O–H groups in total. The van der Waals surface area contributed by atoms with Crippen LogP contribution in [-0.4, -0.2) is 33.4 Å². The van der Waals surface area contributed by atoms with Crippen LogP contribution in [0, 0.1) is 5.92 Å². The Balaban J connectivity index is 1.70. The number of thiazole rings is 1. The van der Waals surface area contributed by atoms with Crippen molar-refractivity contribution < 1.29 is 14.7 Å². The highest BCUT2D eigenvalue weighted by atomic mass is 32.1. The van der Waals surface area contributed by atoms with E-state index in [1.54, 1.807) is 16.2 Å². The van der Waals surface area contributed by atoms with Crippen molar-refractivity contribution in [1.82, 2.24) is 9.88 Å². The van der Waals surface area contributed by atoms with Crippen molar-refractivity contribution in [2.75, 3.05) is 6.54 Å². The lowest BCUT2D eigenvalue weighted by Gasteiger charge is -2.13. The predicted molar refractivity (Wildman–Crippen MR) is 69.9 cm³/mol. The smallest absolute Gasteiger partial charge is 0.308 e. The van der Waals surface area contributed by atoms with Gasteiger partial charge >= 0.3 is 5.97 Å². The molecule has 1 saturated heterocycles. The molecule has 1 atom stereocenters. The van der Waals surface area contributed by atoms with E-state index < -0.39 is 11.9 Å². The average Bonchev–Trinajstić information content (AvgIpc) is 2.93. The molecule has 5 nitrogen and oxygen atoms in total. The van der Waals surface area contributed by atoms with Crippen LogP contribution in [0.3, 0.4) is 0 Å². The van der Waals surface area contributed by atoms with E-state index in [1.165, 1.54) is 23.4 Å². The van der Waals surface area contributed by atoms with Gasteiger partial charge in [-0.3, -0.25) is 9.59 Å². The summed E-state index contributed by atoms with van der Waals surface area (Å²) < 4.78 is 0. The summed E-state index contributed by atoms with van der Waals surface area (Å²) in [4.78, 5) is 30.3. The van der Waals surface area contributed by atoms with E-state index in [1.807, 2.05) is 0 Å². The Labute approximate surface area is 115 Å². The Morgan fingerprint density at radius 1 is 1.42 bits per heavy atom. The van der Waals surface area contributed by atoms with Crippen LogP contribution in [0.2, 0.25) is 0 Å². The van der Waals surface area contributed by atoms with Crippen molar-refractivity contribution in [3.63, 3.8) is 0 Å². The number of carboxylic acids is 1. The van der Waals surface area contributed by atoms with Crippen molar-refractivity contribution in [1.29, 1.82) is 0 Å². The molecule has 2 aliphatic rings. The third kappa shape index (κ3) is 2.49. The summed E-state index contributed by atoms with van der Waals surface area (Å²) in [5.41, 5.74) is 1.19. The standard InChI is InChI=1S/C13H16N2O3S/c16-12-5-8(13(17)18)6-15(12)7-11-14-9-3-1-2-4-10(9)19-11/h8H,1-7H2,(H,17,18). The second kappa shape index (κ2) is 4.92. The van der Waals surface area contributed by atoms with Gasteiger partial charge < -0.3 is 10.0 Å². The number of carbonyl (C=O) groups is 2. The number of aryl methyl sites for hydroxylation is 2. The molecule has 0 spiro atoms. The van der Waals surface area contributed by atoms with Gasteiger partial charge in [0.25, 0.3) is 0 Å². The van der Waals surface area contributed by atoms with Gasteiger partial charge in [0.05, 0.1) is 18.2 Å². The molecular formula is C13H16N2O3S. The highest BCUT2D eigenvalue weighted by Gasteiger charge is 2.34. The molecule has 6 heteroatoms. The van der Waals surface area contributed by atoms with Crippen molar-refractivity contribution in [3.05, 3.63) is 15.6 Å². The summed E-state index contributed by atoms with van der Waals surface area (Å²) in [6, 6.07) is 0. The zero-order valence-electron chi connectivity index (χ0n) is 10.6. The van der Waals surface area contributed by atoms with Gasteiger partial charge in [-0.2, -0.15) is 0 Å². The second-order valence-electron chi connectivity index (χ2n) is 5.20.